The normalized spacial score (nSPS) is 18.9. The van der Waals surface area contributed by atoms with Crippen molar-refractivity contribution in [3.63, 3.8) is 0 Å². The standard InChI is InChI=1S/C38H45FN6O3/c1-25-6-7-31(20-41-25)43-14-4-5-32(24-43)44(21-27-10-13-40-26(2)17-27)22-29-23-45(30-8-9-30)35-19-36(34(39)18-33(35)37(29)46)42-15-11-28(12-16-42)38(47)48-3/h6-7,10,13,17-20,23,28,30,32H,4-5,8-9,11-12,14-16,21-22,24H2,1-3H3/t32-/m0/s1. The van der Waals surface area contributed by atoms with Gasteiger partial charge in [0.2, 0.25) is 0 Å². The molecule has 2 aliphatic heterocycles. The number of piperidine rings is 2. The number of methoxy groups -OCH3 is 1. The fraction of sp³-hybridized carbons (Fsp3) is 0.474. The molecule has 3 aromatic heterocycles. The second-order valence-electron chi connectivity index (χ2n) is 13.8. The summed E-state index contributed by atoms with van der Waals surface area (Å²) >= 11 is 0. The first-order valence-corrected chi connectivity index (χ1v) is 17.3. The molecule has 0 spiro atoms. The van der Waals surface area contributed by atoms with Crippen LogP contribution >= 0.6 is 0 Å². The van der Waals surface area contributed by atoms with Crippen LogP contribution in [0.25, 0.3) is 10.9 Å². The number of rotatable bonds is 9. The van der Waals surface area contributed by atoms with Crippen LogP contribution in [0.5, 0.6) is 0 Å². The number of aromatic nitrogens is 3. The Morgan fingerprint density at radius 2 is 1.77 bits per heavy atom. The summed E-state index contributed by atoms with van der Waals surface area (Å²) in [4.78, 5) is 42.1. The van der Waals surface area contributed by atoms with Crippen molar-refractivity contribution in [2.24, 2.45) is 5.92 Å². The molecule has 0 radical (unpaired) electrons. The molecular formula is C38H45FN6O3. The SMILES string of the molecule is COC(=O)C1CCN(c2cc3c(cc2F)c(=O)c(CN(Cc2ccnc(C)c2)[C@H]2CCCN(c4ccc(C)nc4)C2)cn3C2CC2)CC1. The number of hydrogen-bond donors (Lipinski definition) is 0. The van der Waals surface area contributed by atoms with E-state index in [1.54, 1.807) is 0 Å². The largest absolute Gasteiger partial charge is 0.469 e. The van der Waals surface area contributed by atoms with Crippen LogP contribution < -0.4 is 15.2 Å². The third-order valence-corrected chi connectivity index (χ3v) is 10.4. The van der Waals surface area contributed by atoms with E-state index >= 15 is 4.39 Å². The van der Waals surface area contributed by atoms with E-state index in [-0.39, 0.29) is 23.4 Å². The van der Waals surface area contributed by atoms with Gasteiger partial charge in [0.15, 0.2) is 5.43 Å². The Balaban J connectivity index is 1.21. The van der Waals surface area contributed by atoms with E-state index in [0.29, 0.717) is 61.7 Å². The molecule has 0 bridgehead atoms. The number of ether oxygens (including phenoxy) is 1. The summed E-state index contributed by atoms with van der Waals surface area (Å²) in [5.41, 5.74) is 6.10. The van der Waals surface area contributed by atoms with Crippen molar-refractivity contribution < 1.29 is 13.9 Å². The second kappa shape index (κ2) is 13.7. The monoisotopic (exact) mass is 652 g/mol. The summed E-state index contributed by atoms with van der Waals surface area (Å²) in [6.07, 6.45) is 11.2. The Labute approximate surface area is 281 Å². The Bertz CT molecular complexity index is 1850. The van der Waals surface area contributed by atoms with Crippen LogP contribution in [0.2, 0.25) is 0 Å². The van der Waals surface area contributed by atoms with Gasteiger partial charge in [0.1, 0.15) is 5.82 Å². The highest BCUT2D eigenvalue weighted by molar-refractivity contribution is 5.84. The second-order valence-corrected chi connectivity index (χ2v) is 13.8. The first-order valence-electron chi connectivity index (χ1n) is 17.3. The molecule has 0 amide bonds. The third kappa shape index (κ3) is 6.81. The number of esters is 1. The highest BCUT2D eigenvalue weighted by Gasteiger charge is 2.31. The van der Waals surface area contributed by atoms with Gasteiger partial charge < -0.3 is 19.1 Å². The fourth-order valence-electron chi connectivity index (χ4n) is 7.55. The van der Waals surface area contributed by atoms with Crippen LogP contribution in [0.3, 0.4) is 0 Å². The minimum absolute atomic E-state index is 0.108. The predicted molar refractivity (Wildman–Crippen MR) is 186 cm³/mol. The zero-order valence-corrected chi connectivity index (χ0v) is 28.2. The molecule has 5 heterocycles. The Hall–Kier alpha value is -4.31. The van der Waals surface area contributed by atoms with Gasteiger partial charge >= 0.3 is 5.97 Å². The van der Waals surface area contributed by atoms with Crippen LogP contribution in [0.15, 0.2) is 59.8 Å². The third-order valence-electron chi connectivity index (χ3n) is 10.4. The van der Waals surface area contributed by atoms with Crippen molar-refractivity contribution in [1.82, 2.24) is 19.4 Å². The summed E-state index contributed by atoms with van der Waals surface area (Å²) < 4.78 is 23.0. The molecule has 1 aliphatic carbocycles. The van der Waals surface area contributed by atoms with E-state index in [4.69, 9.17) is 4.74 Å². The molecule has 7 rings (SSSR count). The van der Waals surface area contributed by atoms with Crippen LogP contribution in [0.4, 0.5) is 15.8 Å². The molecule has 252 valence electrons. The molecule has 3 aliphatic rings. The summed E-state index contributed by atoms with van der Waals surface area (Å²) in [6, 6.07) is 12.2. The topological polar surface area (TPSA) is 83.8 Å². The van der Waals surface area contributed by atoms with E-state index in [1.165, 1.54) is 13.2 Å². The minimum atomic E-state index is -0.394. The molecule has 1 saturated carbocycles. The first-order chi connectivity index (χ1) is 23.3. The van der Waals surface area contributed by atoms with E-state index in [2.05, 4.69) is 48.6 Å². The number of aryl methyl sites for hydroxylation is 2. The smallest absolute Gasteiger partial charge is 0.308 e. The summed E-state index contributed by atoms with van der Waals surface area (Å²) in [5.74, 6) is -0.759. The van der Waals surface area contributed by atoms with Gasteiger partial charge in [0.25, 0.3) is 0 Å². The van der Waals surface area contributed by atoms with Gasteiger partial charge in [0, 0.05) is 86.1 Å². The van der Waals surface area contributed by atoms with E-state index in [1.807, 2.05) is 43.4 Å². The molecule has 9 nitrogen and oxygen atoms in total. The zero-order valence-electron chi connectivity index (χ0n) is 28.2. The lowest BCUT2D eigenvalue weighted by atomic mass is 9.96. The average molecular weight is 653 g/mol. The van der Waals surface area contributed by atoms with Gasteiger partial charge in [-0.2, -0.15) is 0 Å². The van der Waals surface area contributed by atoms with Gasteiger partial charge in [-0.1, -0.05) is 0 Å². The predicted octanol–water partition coefficient (Wildman–Crippen LogP) is 5.94. The van der Waals surface area contributed by atoms with Crippen molar-refractivity contribution >= 4 is 28.2 Å². The molecule has 1 atom stereocenters. The van der Waals surface area contributed by atoms with Crippen LogP contribution in [0.1, 0.15) is 67.1 Å². The summed E-state index contributed by atoms with van der Waals surface area (Å²) in [7, 11) is 1.41. The lowest BCUT2D eigenvalue weighted by Gasteiger charge is -2.40. The van der Waals surface area contributed by atoms with Crippen LogP contribution in [0, 0.1) is 25.6 Å². The lowest BCUT2D eigenvalue weighted by molar-refractivity contribution is -0.146. The van der Waals surface area contributed by atoms with Crippen LogP contribution in [-0.2, 0) is 22.6 Å². The molecular weight excluding hydrogens is 607 g/mol. The van der Waals surface area contributed by atoms with Gasteiger partial charge in [-0.25, -0.2) is 4.39 Å². The van der Waals surface area contributed by atoms with Gasteiger partial charge in [-0.3, -0.25) is 24.5 Å². The van der Waals surface area contributed by atoms with Crippen molar-refractivity contribution in [3.05, 3.63) is 93.5 Å². The zero-order chi connectivity index (χ0) is 33.4. The number of benzene rings is 1. The average Bonchev–Trinajstić information content (AvgIpc) is 3.95. The van der Waals surface area contributed by atoms with E-state index in [9.17, 15) is 9.59 Å². The molecule has 0 unspecified atom stereocenters. The number of carbonyl (C=O) groups excluding carboxylic acids is 1. The highest BCUT2D eigenvalue weighted by atomic mass is 19.1. The number of nitrogens with zero attached hydrogens (tertiary/aromatic N) is 6. The molecule has 0 N–H and O–H groups in total. The highest BCUT2D eigenvalue weighted by Crippen LogP contribution is 2.39. The van der Waals surface area contributed by atoms with E-state index < -0.39 is 5.82 Å². The maximum Gasteiger partial charge on any atom is 0.308 e. The number of hydrogen-bond acceptors (Lipinski definition) is 8. The van der Waals surface area contributed by atoms with Crippen molar-refractivity contribution in [1.29, 1.82) is 0 Å². The lowest BCUT2D eigenvalue weighted by Crippen LogP contribution is -2.48. The number of anilines is 2. The maximum atomic E-state index is 15.9. The summed E-state index contributed by atoms with van der Waals surface area (Å²) in [6.45, 7) is 8.09. The Morgan fingerprint density at radius 3 is 2.48 bits per heavy atom. The fourth-order valence-corrected chi connectivity index (χ4v) is 7.55. The number of fused-ring (bicyclic) bond motifs is 1. The van der Waals surface area contributed by atoms with Crippen molar-refractivity contribution in [2.75, 3.05) is 43.1 Å². The van der Waals surface area contributed by atoms with Crippen molar-refractivity contribution in [3.8, 4) is 0 Å². The molecule has 2 saturated heterocycles. The quantitative estimate of drug-likeness (QED) is 0.206. The molecule has 4 aromatic rings. The van der Waals surface area contributed by atoms with Crippen molar-refractivity contribution in [2.45, 2.75) is 77.5 Å². The number of pyridine rings is 3. The number of carbonyl (C=O) groups is 1. The van der Waals surface area contributed by atoms with Gasteiger partial charge in [-0.15, -0.1) is 0 Å². The Kier molecular flexibility index (Phi) is 9.18. The minimum Gasteiger partial charge on any atom is -0.469 e. The maximum absolute atomic E-state index is 15.9. The summed E-state index contributed by atoms with van der Waals surface area (Å²) in [5, 5.41) is 0.431. The van der Waals surface area contributed by atoms with E-state index in [0.717, 1.165) is 66.9 Å². The van der Waals surface area contributed by atoms with Gasteiger partial charge in [-0.05, 0) is 94.3 Å². The Morgan fingerprint density at radius 1 is 0.958 bits per heavy atom. The van der Waals surface area contributed by atoms with Gasteiger partial charge in [0.05, 0.1) is 36.1 Å². The first kappa shape index (κ1) is 32.2. The molecule has 48 heavy (non-hydrogen) atoms. The number of halogens is 1. The van der Waals surface area contributed by atoms with Crippen LogP contribution in [-0.4, -0.2) is 64.7 Å². The molecule has 10 heteroatoms. The molecule has 3 fully saturated rings. The molecule has 1 aromatic carbocycles.